The van der Waals surface area contributed by atoms with Crippen LogP contribution in [0, 0.1) is 0 Å². The molecule has 2 N–H and O–H groups in total. The van der Waals surface area contributed by atoms with E-state index in [1.165, 1.54) is 0 Å². The average molecular weight is 319 g/mol. The van der Waals surface area contributed by atoms with Gasteiger partial charge in [-0.1, -0.05) is 12.1 Å². The maximum absolute atomic E-state index is 12.6. The van der Waals surface area contributed by atoms with Crippen LogP contribution in [0.1, 0.15) is 16.1 Å². The minimum atomic E-state index is -0.189. The summed E-state index contributed by atoms with van der Waals surface area (Å²) in [5.74, 6) is -0.189. The molecule has 0 fully saturated rings. The van der Waals surface area contributed by atoms with Gasteiger partial charge in [0.2, 0.25) is 0 Å². The fraction of sp³-hybridized carbons (Fsp3) is 0.0625. The molecule has 0 saturated carbocycles. The van der Waals surface area contributed by atoms with Gasteiger partial charge >= 0.3 is 0 Å². The zero-order valence-electron chi connectivity index (χ0n) is 12.5. The van der Waals surface area contributed by atoms with Gasteiger partial charge in [-0.15, -0.1) is 10.2 Å². The molecule has 0 aliphatic carbocycles. The van der Waals surface area contributed by atoms with Gasteiger partial charge < -0.3 is 5.32 Å². The van der Waals surface area contributed by atoms with E-state index in [4.69, 9.17) is 0 Å². The Morgan fingerprint density at radius 2 is 1.96 bits per heavy atom. The van der Waals surface area contributed by atoms with E-state index in [0.29, 0.717) is 17.8 Å². The first-order chi connectivity index (χ1) is 11.8. The summed E-state index contributed by atoms with van der Waals surface area (Å²) in [6.07, 6.45) is 4.79. The van der Waals surface area contributed by atoms with Crippen LogP contribution in [-0.2, 0) is 6.54 Å². The van der Waals surface area contributed by atoms with Crippen LogP contribution in [0.4, 0.5) is 0 Å². The van der Waals surface area contributed by atoms with Crippen molar-refractivity contribution in [3.63, 3.8) is 0 Å². The number of hydrogen-bond acceptors (Lipinski definition) is 5. The van der Waals surface area contributed by atoms with Gasteiger partial charge in [0, 0.05) is 11.6 Å². The van der Waals surface area contributed by atoms with Gasteiger partial charge in [0.05, 0.1) is 23.5 Å². The highest BCUT2D eigenvalue weighted by Crippen LogP contribution is 2.15. The van der Waals surface area contributed by atoms with Gasteiger partial charge in [-0.2, -0.15) is 5.10 Å². The van der Waals surface area contributed by atoms with Crippen molar-refractivity contribution < 1.29 is 4.79 Å². The predicted molar refractivity (Wildman–Crippen MR) is 86.4 cm³/mol. The molecule has 4 rings (SSSR count). The third kappa shape index (κ3) is 2.50. The van der Waals surface area contributed by atoms with Crippen LogP contribution in [0.2, 0.25) is 0 Å². The van der Waals surface area contributed by atoms with E-state index in [0.717, 1.165) is 16.8 Å². The third-order valence-corrected chi connectivity index (χ3v) is 3.68. The fourth-order valence-electron chi connectivity index (χ4n) is 2.52. The number of carbonyl (C=O) groups excluding carboxylic acids is 1. The Balaban J connectivity index is 1.57. The van der Waals surface area contributed by atoms with Crippen molar-refractivity contribution in [1.82, 2.24) is 35.3 Å². The van der Waals surface area contributed by atoms with Crippen molar-refractivity contribution in [1.29, 1.82) is 0 Å². The largest absolute Gasteiger partial charge is 0.346 e. The minimum absolute atomic E-state index is 0.189. The lowest BCUT2D eigenvalue weighted by Gasteiger charge is -2.09. The summed E-state index contributed by atoms with van der Waals surface area (Å²) in [6.45, 7) is 0.331. The van der Waals surface area contributed by atoms with Crippen molar-refractivity contribution in [2.75, 3.05) is 0 Å². The Morgan fingerprint density at radius 1 is 1.12 bits per heavy atom. The van der Waals surface area contributed by atoms with E-state index in [9.17, 15) is 4.79 Å². The number of pyridine rings is 1. The molecule has 0 aliphatic rings. The van der Waals surface area contributed by atoms with Crippen LogP contribution < -0.4 is 5.32 Å². The summed E-state index contributed by atoms with van der Waals surface area (Å²) < 4.78 is 1.70. The fourth-order valence-corrected chi connectivity index (χ4v) is 2.52. The number of fused-ring (bicyclic) bond motifs is 1. The van der Waals surface area contributed by atoms with E-state index < -0.39 is 0 Å². The highest BCUT2D eigenvalue weighted by Gasteiger charge is 2.13. The quantitative estimate of drug-likeness (QED) is 0.593. The Morgan fingerprint density at radius 3 is 2.83 bits per heavy atom. The average Bonchev–Trinajstić information content (AvgIpc) is 3.30. The number of nitrogens with zero attached hydrogens (tertiary/aromatic N) is 5. The zero-order chi connectivity index (χ0) is 16.4. The van der Waals surface area contributed by atoms with Crippen molar-refractivity contribution in [3.05, 3.63) is 66.5 Å². The molecule has 8 heteroatoms. The van der Waals surface area contributed by atoms with Gasteiger partial charge in [-0.25, -0.2) is 4.98 Å². The first-order valence-electron chi connectivity index (χ1n) is 7.33. The molecular weight excluding hydrogens is 306 g/mol. The van der Waals surface area contributed by atoms with E-state index in [1.807, 2.05) is 30.3 Å². The summed E-state index contributed by atoms with van der Waals surface area (Å²) in [4.78, 5) is 16.7. The number of benzene rings is 1. The van der Waals surface area contributed by atoms with Crippen LogP contribution in [0.3, 0.4) is 0 Å². The zero-order valence-corrected chi connectivity index (χ0v) is 12.5. The molecule has 4 aromatic rings. The van der Waals surface area contributed by atoms with Crippen LogP contribution >= 0.6 is 0 Å². The van der Waals surface area contributed by atoms with Crippen LogP contribution in [-0.4, -0.2) is 35.9 Å². The Hall–Kier alpha value is -3.55. The lowest BCUT2D eigenvalue weighted by atomic mass is 10.1. The normalized spacial score (nSPS) is 10.8. The van der Waals surface area contributed by atoms with E-state index in [1.54, 1.807) is 29.5 Å². The number of H-pyrrole nitrogens is 1. The van der Waals surface area contributed by atoms with Gasteiger partial charge in [0.1, 0.15) is 12.7 Å². The highest BCUT2D eigenvalue weighted by atomic mass is 16.1. The molecule has 3 aromatic heterocycles. The predicted octanol–water partition coefficient (Wildman–Crippen LogP) is 1.47. The van der Waals surface area contributed by atoms with Crippen LogP contribution in [0.5, 0.6) is 0 Å². The number of para-hydroxylation sites is 1. The number of carbonyl (C=O) groups is 1. The molecule has 0 unspecified atom stereocenters. The molecule has 1 amide bonds. The molecule has 3 heterocycles. The number of rotatable bonds is 4. The lowest BCUT2D eigenvalue weighted by molar-refractivity contribution is 0.0950. The molecule has 0 radical (unpaired) electrons. The maximum Gasteiger partial charge on any atom is 0.253 e. The van der Waals surface area contributed by atoms with Gasteiger partial charge in [0.15, 0.2) is 5.65 Å². The van der Waals surface area contributed by atoms with Crippen molar-refractivity contribution in [2.45, 2.75) is 6.54 Å². The summed E-state index contributed by atoms with van der Waals surface area (Å²) in [5.41, 5.74) is 2.70. The van der Waals surface area contributed by atoms with Crippen molar-refractivity contribution in [2.24, 2.45) is 0 Å². The maximum atomic E-state index is 12.6. The molecule has 0 aliphatic heterocycles. The molecule has 1 aromatic carbocycles. The summed E-state index contributed by atoms with van der Waals surface area (Å²) in [7, 11) is 0. The Bertz CT molecular complexity index is 991. The SMILES string of the molecule is O=C(NCc1[nH]nc2ncccc12)c1ccccc1-n1cnnc1. The summed E-state index contributed by atoms with van der Waals surface area (Å²) in [5, 5.41) is 18.4. The number of aromatic amines is 1. The smallest absolute Gasteiger partial charge is 0.253 e. The summed E-state index contributed by atoms with van der Waals surface area (Å²) in [6, 6.07) is 11.0. The van der Waals surface area contributed by atoms with Crippen LogP contribution in [0.15, 0.2) is 55.2 Å². The number of amides is 1. The van der Waals surface area contributed by atoms with Crippen molar-refractivity contribution in [3.8, 4) is 5.69 Å². The van der Waals surface area contributed by atoms with E-state index in [2.05, 4.69) is 30.7 Å². The molecule has 8 nitrogen and oxygen atoms in total. The van der Waals surface area contributed by atoms with Gasteiger partial charge in [0.25, 0.3) is 5.91 Å². The molecule has 0 spiro atoms. The topological polar surface area (TPSA) is 101 Å². The van der Waals surface area contributed by atoms with Crippen LogP contribution in [0.25, 0.3) is 16.7 Å². The lowest BCUT2D eigenvalue weighted by Crippen LogP contribution is -2.24. The van der Waals surface area contributed by atoms with Gasteiger partial charge in [-0.3, -0.25) is 14.5 Å². The third-order valence-electron chi connectivity index (χ3n) is 3.68. The van der Waals surface area contributed by atoms with Crippen molar-refractivity contribution >= 4 is 16.9 Å². The molecule has 0 atom stereocenters. The number of hydrogen-bond donors (Lipinski definition) is 2. The monoisotopic (exact) mass is 319 g/mol. The summed E-state index contributed by atoms with van der Waals surface area (Å²) >= 11 is 0. The first-order valence-corrected chi connectivity index (χ1v) is 7.33. The molecule has 0 bridgehead atoms. The van der Waals surface area contributed by atoms with Gasteiger partial charge in [-0.05, 0) is 24.3 Å². The molecule has 0 saturated heterocycles. The Kier molecular flexibility index (Phi) is 3.47. The second-order valence-corrected chi connectivity index (χ2v) is 5.15. The molecular formula is C16H13N7O. The second-order valence-electron chi connectivity index (χ2n) is 5.15. The van der Waals surface area contributed by atoms with E-state index in [-0.39, 0.29) is 5.91 Å². The first kappa shape index (κ1) is 14.1. The standard InChI is InChI=1S/C16H13N7O/c24-16(12-4-1-2-6-14(12)23-9-19-20-10-23)18-8-13-11-5-3-7-17-15(11)22-21-13/h1-7,9-10H,8H2,(H,18,24)(H,17,21,22). The van der Waals surface area contributed by atoms with E-state index >= 15 is 0 Å². The number of aromatic nitrogens is 6. The molecule has 24 heavy (non-hydrogen) atoms. The second kappa shape index (κ2) is 5.92. The highest BCUT2D eigenvalue weighted by molar-refractivity contribution is 5.97. The Labute approximate surface area is 136 Å². The molecule has 118 valence electrons. The number of nitrogens with one attached hydrogen (secondary N) is 2. The minimum Gasteiger partial charge on any atom is -0.346 e.